The number of nitrogens with zero attached hydrogens (tertiary/aromatic N) is 2. The molecule has 2 N–H and O–H groups in total. The molecule has 5 aromatic rings. The molecule has 5 aromatic carbocycles. The monoisotopic (exact) mass is 739 g/mol. The first-order chi connectivity index (χ1) is 26.8. The molecular weight excluding hydrogens is 695 g/mol. The summed E-state index contributed by atoms with van der Waals surface area (Å²) in [6, 6.07) is 43.7. The van der Waals surface area contributed by atoms with Crippen LogP contribution in [0.3, 0.4) is 0 Å². The number of anilines is 1. The lowest BCUT2D eigenvalue weighted by molar-refractivity contribution is -0.276. The van der Waals surface area contributed by atoms with Crippen molar-refractivity contribution in [2.75, 3.05) is 11.4 Å². The van der Waals surface area contributed by atoms with Crippen molar-refractivity contribution in [3.05, 3.63) is 173 Å². The maximum atomic E-state index is 13.6. The van der Waals surface area contributed by atoms with E-state index in [9.17, 15) is 19.5 Å². The molecule has 0 bridgehead atoms. The van der Waals surface area contributed by atoms with Crippen LogP contribution in [0, 0.1) is 5.92 Å². The molecule has 1 unspecified atom stereocenters. The molecule has 0 aliphatic carbocycles. The van der Waals surface area contributed by atoms with Crippen LogP contribution in [0.5, 0.6) is 0 Å². The molecule has 2 fully saturated rings. The highest BCUT2D eigenvalue weighted by atomic mass is 16.7. The lowest BCUT2D eigenvalue weighted by atomic mass is 9.89. The van der Waals surface area contributed by atoms with Crippen LogP contribution < -0.4 is 10.2 Å². The van der Waals surface area contributed by atoms with E-state index in [4.69, 9.17) is 14.2 Å². The number of alkyl carbamates (subject to hydrolysis) is 1. The van der Waals surface area contributed by atoms with Crippen molar-refractivity contribution in [2.45, 2.75) is 64.2 Å². The van der Waals surface area contributed by atoms with Gasteiger partial charge in [-0.05, 0) is 39.9 Å². The fraction of sp³-hybridized carbons (Fsp3) is 0.267. The van der Waals surface area contributed by atoms with Gasteiger partial charge < -0.3 is 24.6 Å². The molecule has 2 saturated heterocycles. The van der Waals surface area contributed by atoms with Crippen LogP contribution in [0.1, 0.15) is 59.1 Å². The normalized spacial score (nSPS) is 21.1. The SMILES string of the molecule is C[C@H]1[C@@H](CN(Cc2ccccc2)Cc2ccccc2)O[C@@H](c2cccc(N3C(=O)CC(NC(=O)OCc4ccccc4)C3=O)c2)O[C@H]1c1ccc(CO)cc1. The van der Waals surface area contributed by atoms with E-state index in [2.05, 4.69) is 41.4 Å². The zero-order chi connectivity index (χ0) is 38.1. The third-order valence-corrected chi connectivity index (χ3v) is 10.1. The van der Waals surface area contributed by atoms with E-state index in [0.717, 1.165) is 21.6 Å². The van der Waals surface area contributed by atoms with Crippen molar-refractivity contribution < 1.29 is 33.7 Å². The van der Waals surface area contributed by atoms with E-state index in [1.165, 1.54) is 11.1 Å². The van der Waals surface area contributed by atoms with Gasteiger partial charge in [-0.1, -0.05) is 134 Å². The topological polar surface area (TPSA) is 118 Å². The highest BCUT2D eigenvalue weighted by Crippen LogP contribution is 2.43. The molecule has 0 radical (unpaired) electrons. The zero-order valence-corrected chi connectivity index (χ0v) is 30.7. The maximum Gasteiger partial charge on any atom is 0.408 e. The quantitative estimate of drug-likeness (QED) is 0.122. The van der Waals surface area contributed by atoms with Gasteiger partial charge in [-0.15, -0.1) is 0 Å². The predicted octanol–water partition coefficient (Wildman–Crippen LogP) is 7.23. The van der Waals surface area contributed by atoms with Crippen molar-refractivity contribution >= 4 is 23.6 Å². The second-order valence-corrected chi connectivity index (χ2v) is 14.1. The number of aliphatic hydroxyl groups excluding tert-OH is 1. The fourth-order valence-electron chi connectivity index (χ4n) is 7.18. The number of aliphatic hydroxyl groups is 1. The minimum absolute atomic E-state index is 0.0388. The number of ether oxygens (including phenoxy) is 3. The summed E-state index contributed by atoms with van der Waals surface area (Å²) in [5.74, 6) is -1.05. The highest BCUT2D eigenvalue weighted by molar-refractivity contribution is 6.22. The van der Waals surface area contributed by atoms with E-state index in [1.54, 1.807) is 18.2 Å². The summed E-state index contributed by atoms with van der Waals surface area (Å²) in [6.07, 6.45) is -2.43. The molecule has 0 saturated carbocycles. The van der Waals surface area contributed by atoms with Crippen LogP contribution in [-0.4, -0.2) is 46.6 Å². The number of hydrogen-bond donors (Lipinski definition) is 2. The standard InChI is InChI=1S/C45H45N3O7/c1-31-40(28-47(26-32-12-5-2-6-13-32)27-33-14-7-3-8-15-33)54-44(55-42(31)36-22-20-34(29-49)21-23-36)37-18-11-19-38(24-37)48-41(50)25-39(43(48)51)46-45(52)53-30-35-16-9-4-10-17-35/h2-24,31,39-40,42,44,49H,25-30H2,1H3,(H,46,52)/t31-,39?,40+,42+,44+/m0/s1. The molecule has 2 aliphatic heterocycles. The summed E-state index contributed by atoms with van der Waals surface area (Å²) >= 11 is 0. The summed E-state index contributed by atoms with van der Waals surface area (Å²) in [4.78, 5) is 42.9. The number of carbonyl (C=O) groups excluding carboxylic acids is 3. The number of imide groups is 1. The van der Waals surface area contributed by atoms with Crippen LogP contribution in [0.25, 0.3) is 0 Å². The summed E-state index contributed by atoms with van der Waals surface area (Å²) < 4.78 is 18.9. The van der Waals surface area contributed by atoms with Crippen LogP contribution in [0.4, 0.5) is 10.5 Å². The van der Waals surface area contributed by atoms with Crippen LogP contribution >= 0.6 is 0 Å². The van der Waals surface area contributed by atoms with Gasteiger partial charge in [0, 0.05) is 31.1 Å². The largest absolute Gasteiger partial charge is 0.445 e. The fourth-order valence-corrected chi connectivity index (χ4v) is 7.18. The van der Waals surface area contributed by atoms with Crippen molar-refractivity contribution in [3.8, 4) is 0 Å². The molecule has 0 aromatic heterocycles. The summed E-state index contributed by atoms with van der Waals surface area (Å²) in [5.41, 5.74) is 5.94. The van der Waals surface area contributed by atoms with Crippen molar-refractivity contribution in [1.82, 2.24) is 10.2 Å². The van der Waals surface area contributed by atoms with E-state index >= 15 is 0 Å². The Balaban J connectivity index is 1.12. The van der Waals surface area contributed by atoms with Crippen molar-refractivity contribution in [3.63, 3.8) is 0 Å². The number of amides is 3. The average Bonchev–Trinajstić information content (AvgIpc) is 3.50. The van der Waals surface area contributed by atoms with Gasteiger partial charge >= 0.3 is 6.09 Å². The van der Waals surface area contributed by atoms with Crippen molar-refractivity contribution in [1.29, 1.82) is 0 Å². The number of benzene rings is 5. The second kappa shape index (κ2) is 17.7. The molecule has 5 atom stereocenters. The lowest BCUT2D eigenvalue weighted by Crippen LogP contribution is -2.44. The Bertz CT molecular complexity index is 2000. The van der Waals surface area contributed by atoms with Crippen LogP contribution in [0.2, 0.25) is 0 Å². The van der Waals surface area contributed by atoms with Gasteiger partial charge in [-0.25, -0.2) is 9.69 Å². The Labute approximate surface area is 321 Å². The molecule has 7 rings (SSSR count). The first-order valence-corrected chi connectivity index (χ1v) is 18.6. The first kappa shape index (κ1) is 37.7. The minimum atomic E-state index is -1.06. The van der Waals surface area contributed by atoms with Gasteiger partial charge in [0.05, 0.1) is 30.9 Å². The van der Waals surface area contributed by atoms with E-state index < -0.39 is 30.2 Å². The highest BCUT2D eigenvalue weighted by Gasteiger charge is 2.42. The van der Waals surface area contributed by atoms with Gasteiger partial charge in [0.25, 0.3) is 5.91 Å². The predicted molar refractivity (Wildman–Crippen MR) is 207 cm³/mol. The third kappa shape index (κ3) is 9.36. The van der Waals surface area contributed by atoms with Gasteiger partial charge in [-0.3, -0.25) is 14.5 Å². The summed E-state index contributed by atoms with van der Waals surface area (Å²) in [6.45, 7) is 4.14. The zero-order valence-electron chi connectivity index (χ0n) is 30.7. The Hall–Kier alpha value is -5.65. The molecule has 282 valence electrons. The molecule has 10 heteroatoms. The van der Waals surface area contributed by atoms with Gasteiger partial charge in [-0.2, -0.15) is 0 Å². The van der Waals surface area contributed by atoms with Gasteiger partial charge in [0.2, 0.25) is 5.91 Å². The Morgan fingerprint density at radius 3 is 2.00 bits per heavy atom. The summed E-state index contributed by atoms with van der Waals surface area (Å²) in [5, 5.41) is 12.3. The molecule has 3 amide bonds. The lowest BCUT2D eigenvalue weighted by Gasteiger charge is -2.43. The molecule has 2 aliphatic rings. The van der Waals surface area contributed by atoms with Crippen molar-refractivity contribution in [2.24, 2.45) is 5.92 Å². The Kier molecular flexibility index (Phi) is 12.1. The second-order valence-electron chi connectivity index (χ2n) is 14.1. The number of carbonyl (C=O) groups is 3. The molecular formula is C45H45N3O7. The van der Waals surface area contributed by atoms with E-state index in [-0.39, 0.29) is 37.8 Å². The molecule has 55 heavy (non-hydrogen) atoms. The first-order valence-electron chi connectivity index (χ1n) is 18.6. The van der Waals surface area contributed by atoms with E-state index in [0.29, 0.717) is 30.9 Å². The summed E-state index contributed by atoms with van der Waals surface area (Å²) in [7, 11) is 0. The van der Waals surface area contributed by atoms with Gasteiger partial charge in [0.15, 0.2) is 6.29 Å². The third-order valence-electron chi connectivity index (χ3n) is 10.1. The minimum Gasteiger partial charge on any atom is -0.445 e. The molecule has 0 spiro atoms. The number of rotatable bonds is 13. The molecule has 10 nitrogen and oxygen atoms in total. The Morgan fingerprint density at radius 1 is 0.764 bits per heavy atom. The van der Waals surface area contributed by atoms with Gasteiger partial charge in [0.1, 0.15) is 12.6 Å². The maximum absolute atomic E-state index is 13.6. The average molecular weight is 740 g/mol. The number of nitrogens with one attached hydrogen (secondary N) is 1. The molecule has 2 heterocycles. The van der Waals surface area contributed by atoms with Crippen LogP contribution in [0.15, 0.2) is 140 Å². The smallest absolute Gasteiger partial charge is 0.408 e. The van der Waals surface area contributed by atoms with E-state index in [1.807, 2.05) is 97.1 Å². The number of hydrogen-bond acceptors (Lipinski definition) is 8. The Morgan fingerprint density at radius 2 is 1.38 bits per heavy atom. The van der Waals surface area contributed by atoms with Crippen LogP contribution in [-0.2, 0) is 50.1 Å².